The Hall–Kier alpha value is 0.0700. The summed E-state index contributed by atoms with van der Waals surface area (Å²) in [6.45, 7) is 3.93. The molecule has 78 valence electrons. The van der Waals surface area contributed by atoms with Crippen LogP contribution < -0.4 is 0 Å². The number of hydrogen-bond donors (Lipinski definition) is 1. The molecule has 0 aromatic rings. The highest BCUT2D eigenvalue weighted by molar-refractivity contribution is 7.84. The highest BCUT2D eigenvalue weighted by Crippen LogP contribution is 2.16. The van der Waals surface area contributed by atoms with Gasteiger partial charge in [0.25, 0.3) is 0 Å². The fourth-order valence-electron chi connectivity index (χ4n) is 1.75. The van der Waals surface area contributed by atoms with Crippen molar-refractivity contribution in [2.24, 2.45) is 0 Å². The van der Waals surface area contributed by atoms with Crippen LogP contribution in [0.15, 0.2) is 0 Å². The van der Waals surface area contributed by atoms with Gasteiger partial charge in [0.2, 0.25) is 0 Å². The summed E-state index contributed by atoms with van der Waals surface area (Å²) in [5.74, 6) is 0.719. The van der Waals surface area contributed by atoms with E-state index in [0.717, 1.165) is 31.7 Å². The van der Waals surface area contributed by atoms with E-state index >= 15 is 0 Å². The first-order chi connectivity index (χ1) is 6.11. The van der Waals surface area contributed by atoms with Crippen LogP contribution in [0.1, 0.15) is 19.8 Å². The van der Waals surface area contributed by atoms with Gasteiger partial charge in [0.05, 0.1) is 6.10 Å². The minimum atomic E-state index is -0.717. The lowest BCUT2D eigenvalue weighted by molar-refractivity contribution is 0.0235. The van der Waals surface area contributed by atoms with E-state index in [1.165, 1.54) is 0 Å². The van der Waals surface area contributed by atoms with Gasteiger partial charge in [-0.05, 0) is 26.3 Å². The standard InChI is InChI=1S/C9H19NO2S/c1-8-9(11)4-3-5-10(8)6-7-13(2)12/h8-9,11H,3-7H2,1-2H3. The second-order valence-electron chi connectivity index (χ2n) is 3.76. The lowest BCUT2D eigenvalue weighted by atomic mass is 10.0. The normalized spacial score (nSPS) is 33.2. The molecule has 0 bridgehead atoms. The Morgan fingerprint density at radius 1 is 1.62 bits per heavy atom. The van der Waals surface area contributed by atoms with Gasteiger partial charge in [-0.3, -0.25) is 9.11 Å². The second kappa shape index (κ2) is 5.08. The number of aliphatic hydroxyl groups excluding tert-OH is 1. The highest BCUT2D eigenvalue weighted by Gasteiger charge is 2.25. The Morgan fingerprint density at radius 3 is 2.92 bits per heavy atom. The summed E-state index contributed by atoms with van der Waals surface area (Å²) >= 11 is 0. The first kappa shape index (κ1) is 11.1. The molecule has 13 heavy (non-hydrogen) atoms. The van der Waals surface area contributed by atoms with Crippen molar-refractivity contribution >= 4 is 10.8 Å². The lowest BCUT2D eigenvalue weighted by Gasteiger charge is -2.36. The smallest absolute Gasteiger partial charge is 0.0693 e. The highest BCUT2D eigenvalue weighted by atomic mass is 32.2. The van der Waals surface area contributed by atoms with E-state index in [-0.39, 0.29) is 12.1 Å². The van der Waals surface area contributed by atoms with E-state index in [1.807, 2.05) is 6.92 Å². The zero-order chi connectivity index (χ0) is 9.84. The van der Waals surface area contributed by atoms with Crippen LogP contribution in [0.5, 0.6) is 0 Å². The molecule has 0 aromatic carbocycles. The summed E-state index contributed by atoms with van der Waals surface area (Å²) in [5.41, 5.74) is 0. The first-order valence-electron chi connectivity index (χ1n) is 4.83. The number of rotatable bonds is 3. The molecule has 1 aliphatic rings. The zero-order valence-electron chi connectivity index (χ0n) is 8.40. The molecule has 3 unspecified atom stereocenters. The monoisotopic (exact) mass is 205 g/mol. The van der Waals surface area contributed by atoms with Crippen molar-refractivity contribution in [1.29, 1.82) is 0 Å². The van der Waals surface area contributed by atoms with Crippen molar-refractivity contribution in [2.45, 2.75) is 31.9 Å². The molecule has 0 radical (unpaired) electrons. The molecule has 0 amide bonds. The van der Waals surface area contributed by atoms with Gasteiger partial charge in [0, 0.05) is 35.4 Å². The number of likely N-dealkylation sites (tertiary alicyclic amines) is 1. The van der Waals surface area contributed by atoms with Crippen molar-refractivity contribution < 1.29 is 9.32 Å². The van der Waals surface area contributed by atoms with E-state index in [1.54, 1.807) is 6.26 Å². The van der Waals surface area contributed by atoms with Crippen LogP contribution in [0.25, 0.3) is 0 Å². The first-order valence-corrected chi connectivity index (χ1v) is 6.56. The van der Waals surface area contributed by atoms with E-state index in [2.05, 4.69) is 4.90 Å². The molecule has 1 fully saturated rings. The Kier molecular flexibility index (Phi) is 4.35. The Balaban J connectivity index is 2.35. The molecule has 0 aromatic heterocycles. The summed E-state index contributed by atoms with van der Waals surface area (Å²) in [6, 6.07) is 0.234. The van der Waals surface area contributed by atoms with Crippen molar-refractivity contribution in [3.05, 3.63) is 0 Å². The molecule has 1 heterocycles. The second-order valence-corrected chi connectivity index (χ2v) is 5.32. The molecule has 1 rings (SSSR count). The maximum atomic E-state index is 10.9. The number of hydrogen-bond acceptors (Lipinski definition) is 3. The van der Waals surface area contributed by atoms with Gasteiger partial charge in [0.15, 0.2) is 0 Å². The van der Waals surface area contributed by atoms with E-state index in [4.69, 9.17) is 0 Å². The number of piperidine rings is 1. The molecule has 4 heteroatoms. The van der Waals surface area contributed by atoms with Crippen molar-refractivity contribution in [3.8, 4) is 0 Å². The largest absolute Gasteiger partial charge is 0.392 e. The van der Waals surface area contributed by atoms with E-state index in [0.29, 0.717) is 0 Å². The third kappa shape index (κ3) is 3.37. The Labute approximate surface area is 82.6 Å². The van der Waals surface area contributed by atoms with Crippen LogP contribution in [-0.4, -0.2) is 51.5 Å². The average molecular weight is 205 g/mol. The third-order valence-electron chi connectivity index (χ3n) is 2.74. The summed E-state index contributed by atoms with van der Waals surface area (Å²) in [7, 11) is -0.717. The minimum Gasteiger partial charge on any atom is -0.392 e. The lowest BCUT2D eigenvalue weighted by Crippen LogP contribution is -2.47. The van der Waals surface area contributed by atoms with Gasteiger partial charge in [-0.15, -0.1) is 0 Å². The molecule has 1 saturated heterocycles. The third-order valence-corrected chi connectivity index (χ3v) is 3.50. The van der Waals surface area contributed by atoms with Gasteiger partial charge < -0.3 is 5.11 Å². The van der Waals surface area contributed by atoms with Crippen LogP contribution in [-0.2, 0) is 10.8 Å². The predicted octanol–water partition coefficient (Wildman–Crippen LogP) is 0.210. The minimum absolute atomic E-state index is 0.195. The predicted molar refractivity (Wildman–Crippen MR) is 55.2 cm³/mol. The van der Waals surface area contributed by atoms with Gasteiger partial charge in [-0.1, -0.05) is 0 Å². The molecule has 1 aliphatic heterocycles. The van der Waals surface area contributed by atoms with Gasteiger partial charge in [-0.2, -0.15) is 0 Å². The maximum absolute atomic E-state index is 10.9. The van der Waals surface area contributed by atoms with Crippen molar-refractivity contribution in [2.75, 3.05) is 25.1 Å². The summed E-state index contributed by atoms with van der Waals surface area (Å²) in [6.07, 6.45) is 3.50. The average Bonchev–Trinajstić information content (AvgIpc) is 2.07. The molecule has 0 aliphatic carbocycles. The SMILES string of the molecule is CC1C(O)CCCN1CCS(C)=O. The van der Waals surface area contributed by atoms with E-state index < -0.39 is 10.8 Å². The number of nitrogens with zero attached hydrogens (tertiary/aromatic N) is 1. The number of aliphatic hydroxyl groups is 1. The Morgan fingerprint density at radius 2 is 2.31 bits per heavy atom. The molecule has 3 atom stereocenters. The molecule has 0 spiro atoms. The maximum Gasteiger partial charge on any atom is 0.0693 e. The summed E-state index contributed by atoms with van der Waals surface area (Å²) in [5, 5.41) is 9.60. The van der Waals surface area contributed by atoms with Crippen LogP contribution in [0.2, 0.25) is 0 Å². The van der Waals surface area contributed by atoms with Crippen molar-refractivity contribution in [3.63, 3.8) is 0 Å². The van der Waals surface area contributed by atoms with E-state index in [9.17, 15) is 9.32 Å². The van der Waals surface area contributed by atoms with Crippen LogP contribution in [0.4, 0.5) is 0 Å². The molecule has 3 nitrogen and oxygen atoms in total. The topological polar surface area (TPSA) is 40.5 Å². The quantitative estimate of drug-likeness (QED) is 0.716. The molecule has 0 saturated carbocycles. The van der Waals surface area contributed by atoms with Gasteiger partial charge in [-0.25, -0.2) is 0 Å². The fraction of sp³-hybridized carbons (Fsp3) is 1.00. The van der Waals surface area contributed by atoms with Crippen LogP contribution in [0.3, 0.4) is 0 Å². The van der Waals surface area contributed by atoms with Gasteiger partial charge in [0.1, 0.15) is 0 Å². The van der Waals surface area contributed by atoms with Crippen molar-refractivity contribution in [1.82, 2.24) is 4.90 Å². The molecule has 1 N–H and O–H groups in total. The molecular formula is C9H19NO2S. The fourth-order valence-corrected chi connectivity index (χ4v) is 2.24. The summed E-state index contributed by atoms with van der Waals surface area (Å²) < 4.78 is 10.9. The Bertz CT molecular complexity index is 186. The van der Waals surface area contributed by atoms with Crippen LogP contribution in [0, 0.1) is 0 Å². The van der Waals surface area contributed by atoms with Crippen LogP contribution >= 0.6 is 0 Å². The van der Waals surface area contributed by atoms with Gasteiger partial charge >= 0.3 is 0 Å². The summed E-state index contributed by atoms with van der Waals surface area (Å²) in [4.78, 5) is 2.23. The molecular weight excluding hydrogens is 186 g/mol. The zero-order valence-corrected chi connectivity index (χ0v) is 9.22.